The number of aromatic nitrogens is 2. The van der Waals surface area contributed by atoms with Crippen molar-refractivity contribution in [1.29, 1.82) is 0 Å². The highest BCUT2D eigenvalue weighted by Gasteiger charge is 2.32. The third kappa shape index (κ3) is 9.82. The first-order valence-electron chi connectivity index (χ1n) is 19.2. The Kier molecular flexibility index (Phi) is 14.2. The van der Waals surface area contributed by atoms with E-state index in [-0.39, 0.29) is 36.3 Å². The highest BCUT2D eigenvalue weighted by Crippen LogP contribution is 2.31. The van der Waals surface area contributed by atoms with E-state index in [0.717, 1.165) is 42.4 Å². The van der Waals surface area contributed by atoms with Crippen molar-refractivity contribution < 1.29 is 24.3 Å². The molecule has 0 spiro atoms. The molecule has 5 rings (SSSR count). The molecule has 2 heterocycles. The molecule has 2 atom stereocenters. The number of rotatable bonds is 17. The van der Waals surface area contributed by atoms with Gasteiger partial charge in [0.15, 0.2) is 5.69 Å². The van der Waals surface area contributed by atoms with Gasteiger partial charge in [-0.25, -0.2) is 4.68 Å². The molecular formula is C43H54N6O5. The number of nitrogens with zero attached hydrogens (tertiary/aromatic N) is 4. The van der Waals surface area contributed by atoms with E-state index < -0.39 is 5.92 Å². The SMILES string of the molecule is CCCCN(CCCC)C(=O)c1cc(C)n(-c2ccc(NC(=O)C(CCNC(C)=O)c3ccccc3)cc2C(=O)N2Cc3ccccc3C[C@H]2CCO)n1. The number of hydrogen-bond donors (Lipinski definition) is 3. The lowest BCUT2D eigenvalue weighted by Gasteiger charge is -2.37. The summed E-state index contributed by atoms with van der Waals surface area (Å²) in [7, 11) is 0. The zero-order chi connectivity index (χ0) is 38.6. The highest BCUT2D eigenvalue weighted by atomic mass is 16.3. The maximum absolute atomic E-state index is 14.9. The largest absolute Gasteiger partial charge is 0.396 e. The fourth-order valence-corrected chi connectivity index (χ4v) is 7.11. The molecular weight excluding hydrogens is 681 g/mol. The molecule has 4 amide bonds. The number of carbonyl (C=O) groups excluding carboxylic acids is 4. The number of unbranched alkanes of at least 4 members (excludes halogenated alkanes) is 2. The van der Waals surface area contributed by atoms with Crippen LogP contribution in [0.25, 0.3) is 5.69 Å². The summed E-state index contributed by atoms with van der Waals surface area (Å²) in [6.45, 7) is 9.42. The average Bonchev–Trinajstić information content (AvgIpc) is 3.57. The molecule has 0 radical (unpaired) electrons. The first kappa shape index (κ1) is 39.9. The number of nitrogens with one attached hydrogen (secondary N) is 2. The van der Waals surface area contributed by atoms with Gasteiger partial charge in [0.1, 0.15) is 0 Å². The van der Waals surface area contributed by atoms with Crippen LogP contribution in [-0.2, 0) is 22.6 Å². The van der Waals surface area contributed by atoms with Crippen LogP contribution in [0.1, 0.15) is 108 Å². The molecule has 0 saturated carbocycles. The molecule has 4 aromatic rings. The lowest BCUT2D eigenvalue weighted by molar-refractivity contribution is -0.120. The van der Waals surface area contributed by atoms with Gasteiger partial charge in [0, 0.05) is 57.1 Å². The summed E-state index contributed by atoms with van der Waals surface area (Å²) in [5, 5.41) is 20.7. The van der Waals surface area contributed by atoms with E-state index in [4.69, 9.17) is 5.10 Å². The number of anilines is 1. The Hall–Kier alpha value is -5.29. The van der Waals surface area contributed by atoms with Crippen molar-refractivity contribution in [2.45, 2.75) is 91.1 Å². The monoisotopic (exact) mass is 734 g/mol. The van der Waals surface area contributed by atoms with Gasteiger partial charge in [-0.15, -0.1) is 0 Å². The number of benzene rings is 3. The molecule has 54 heavy (non-hydrogen) atoms. The second-order valence-corrected chi connectivity index (χ2v) is 14.1. The molecule has 11 heteroatoms. The Morgan fingerprint density at radius 1 is 0.926 bits per heavy atom. The van der Waals surface area contributed by atoms with E-state index in [1.807, 2.05) is 60.4 Å². The van der Waals surface area contributed by atoms with Gasteiger partial charge < -0.3 is 25.5 Å². The van der Waals surface area contributed by atoms with Crippen molar-refractivity contribution in [2.24, 2.45) is 0 Å². The van der Waals surface area contributed by atoms with E-state index in [0.29, 0.717) is 73.8 Å². The Balaban J connectivity index is 1.54. The fraction of sp³-hybridized carbons (Fsp3) is 0.419. The van der Waals surface area contributed by atoms with Crippen LogP contribution >= 0.6 is 0 Å². The number of carbonyl (C=O) groups is 4. The summed E-state index contributed by atoms with van der Waals surface area (Å²) in [6.07, 6.45) is 5.12. The van der Waals surface area contributed by atoms with E-state index in [1.54, 1.807) is 33.8 Å². The molecule has 1 aromatic heterocycles. The number of aliphatic hydroxyl groups is 1. The predicted molar refractivity (Wildman–Crippen MR) is 211 cm³/mol. The van der Waals surface area contributed by atoms with Crippen molar-refractivity contribution in [1.82, 2.24) is 24.9 Å². The van der Waals surface area contributed by atoms with E-state index >= 15 is 0 Å². The van der Waals surface area contributed by atoms with Crippen molar-refractivity contribution in [3.8, 4) is 5.69 Å². The standard InChI is InChI=1S/C43H54N6O5/c1-5-7-23-47(24-8-6-2)43(54)39-26-30(3)49(46-39)40-19-18-35(45-41(52)37(20-22-44-31(4)51)32-14-10-9-11-15-32)28-38(40)42(53)48-29-34-17-13-12-16-33(34)27-36(48)21-25-50/h9-19,26,28,36-37,50H,5-8,20-25,27,29H2,1-4H3,(H,44,51)(H,45,52)/t36-,37?/m1/s1. The topological polar surface area (TPSA) is 137 Å². The first-order chi connectivity index (χ1) is 26.1. The predicted octanol–water partition coefficient (Wildman–Crippen LogP) is 6.42. The normalized spacial score (nSPS) is 14.2. The summed E-state index contributed by atoms with van der Waals surface area (Å²) >= 11 is 0. The zero-order valence-electron chi connectivity index (χ0n) is 32.0. The van der Waals surface area contributed by atoms with Crippen LogP contribution in [0.5, 0.6) is 0 Å². The molecule has 3 N–H and O–H groups in total. The molecule has 0 aliphatic carbocycles. The van der Waals surface area contributed by atoms with Gasteiger partial charge in [0.05, 0.1) is 17.2 Å². The zero-order valence-corrected chi connectivity index (χ0v) is 32.0. The van der Waals surface area contributed by atoms with Gasteiger partial charge in [-0.3, -0.25) is 19.2 Å². The minimum absolute atomic E-state index is 0.0742. The number of hydrogen-bond acceptors (Lipinski definition) is 6. The summed E-state index contributed by atoms with van der Waals surface area (Å²) in [5.74, 6) is -1.42. The quantitative estimate of drug-likeness (QED) is 0.115. The summed E-state index contributed by atoms with van der Waals surface area (Å²) in [6, 6.07) is 24.1. The molecule has 0 saturated heterocycles. The van der Waals surface area contributed by atoms with Crippen molar-refractivity contribution in [3.05, 3.63) is 113 Å². The van der Waals surface area contributed by atoms with E-state index in [9.17, 15) is 24.3 Å². The summed E-state index contributed by atoms with van der Waals surface area (Å²) in [4.78, 5) is 57.9. The Morgan fingerprint density at radius 2 is 1.61 bits per heavy atom. The molecule has 1 unspecified atom stereocenters. The Morgan fingerprint density at radius 3 is 2.28 bits per heavy atom. The highest BCUT2D eigenvalue weighted by molar-refractivity contribution is 6.02. The molecule has 286 valence electrons. The smallest absolute Gasteiger partial charge is 0.274 e. The van der Waals surface area contributed by atoms with Crippen LogP contribution in [-0.4, -0.2) is 80.6 Å². The van der Waals surface area contributed by atoms with E-state index in [1.165, 1.54) is 6.92 Å². The van der Waals surface area contributed by atoms with Crippen molar-refractivity contribution >= 4 is 29.3 Å². The Bertz CT molecular complexity index is 1900. The van der Waals surface area contributed by atoms with Gasteiger partial charge in [-0.1, -0.05) is 81.3 Å². The molecule has 0 bridgehead atoms. The first-order valence-corrected chi connectivity index (χ1v) is 19.2. The lowest BCUT2D eigenvalue weighted by atomic mass is 9.91. The second-order valence-electron chi connectivity index (χ2n) is 14.1. The summed E-state index contributed by atoms with van der Waals surface area (Å²) < 4.78 is 1.64. The number of aryl methyl sites for hydroxylation is 1. The second kappa shape index (κ2) is 19.2. The van der Waals surface area contributed by atoms with Gasteiger partial charge in [0.25, 0.3) is 11.8 Å². The minimum Gasteiger partial charge on any atom is -0.396 e. The van der Waals surface area contributed by atoms with Crippen LogP contribution in [0, 0.1) is 6.92 Å². The number of amides is 4. The third-order valence-electron chi connectivity index (χ3n) is 10.1. The lowest BCUT2D eigenvalue weighted by Crippen LogP contribution is -2.45. The van der Waals surface area contributed by atoms with Gasteiger partial charge in [-0.05, 0) is 80.0 Å². The van der Waals surface area contributed by atoms with Crippen molar-refractivity contribution in [2.75, 3.05) is 31.6 Å². The number of fused-ring (bicyclic) bond motifs is 1. The van der Waals surface area contributed by atoms with Crippen LogP contribution in [0.4, 0.5) is 5.69 Å². The maximum atomic E-state index is 14.9. The van der Waals surface area contributed by atoms with E-state index in [2.05, 4.69) is 30.5 Å². The fourth-order valence-electron chi connectivity index (χ4n) is 7.11. The molecule has 0 fully saturated rings. The van der Waals surface area contributed by atoms with Crippen LogP contribution in [0.15, 0.2) is 78.9 Å². The number of aliphatic hydroxyl groups excluding tert-OH is 1. The van der Waals surface area contributed by atoms with Gasteiger partial charge in [0.2, 0.25) is 11.8 Å². The van der Waals surface area contributed by atoms with Crippen molar-refractivity contribution in [3.63, 3.8) is 0 Å². The Labute approximate surface area is 318 Å². The van der Waals surface area contributed by atoms with Gasteiger partial charge >= 0.3 is 0 Å². The van der Waals surface area contributed by atoms with Crippen LogP contribution < -0.4 is 10.6 Å². The third-order valence-corrected chi connectivity index (χ3v) is 10.1. The van der Waals surface area contributed by atoms with Gasteiger partial charge in [-0.2, -0.15) is 5.10 Å². The maximum Gasteiger partial charge on any atom is 0.274 e. The van der Waals surface area contributed by atoms with Crippen LogP contribution in [0.2, 0.25) is 0 Å². The summed E-state index contributed by atoms with van der Waals surface area (Å²) in [5.41, 5.74) is 5.21. The molecule has 1 aliphatic heterocycles. The molecule has 11 nitrogen and oxygen atoms in total. The average molecular weight is 735 g/mol. The van der Waals surface area contributed by atoms with Crippen LogP contribution in [0.3, 0.4) is 0 Å². The minimum atomic E-state index is -0.560. The molecule has 1 aliphatic rings. The molecule has 3 aromatic carbocycles.